The number of guanidine groups is 1. The molecule has 0 aromatic heterocycles. The molecule has 0 bridgehead atoms. The molecule has 1 aliphatic heterocycles. The van der Waals surface area contributed by atoms with Gasteiger partial charge in [0.25, 0.3) is 0 Å². The van der Waals surface area contributed by atoms with Crippen molar-refractivity contribution in [1.29, 1.82) is 0 Å². The van der Waals surface area contributed by atoms with Crippen LogP contribution in [0.25, 0.3) is 0 Å². The molecule has 0 aliphatic carbocycles. The molecule has 0 saturated carbocycles. The van der Waals surface area contributed by atoms with E-state index < -0.39 is 0 Å². The molecule has 7 heteroatoms. The monoisotopic (exact) mass is 437 g/mol. The number of hydrogen-bond acceptors (Lipinski definition) is 4. The molecule has 3 N–H and O–H groups in total. The maximum absolute atomic E-state index is 11.7. The predicted octanol–water partition coefficient (Wildman–Crippen LogP) is 3.77. The van der Waals surface area contributed by atoms with E-state index in [4.69, 9.17) is 9.73 Å². The van der Waals surface area contributed by atoms with Gasteiger partial charge in [-0.1, -0.05) is 31.2 Å². The van der Waals surface area contributed by atoms with Crippen LogP contribution in [0.3, 0.4) is 0 Å². The molecule has 7 nitrogen and oxygen atoms in total. The van der Waals surface area contributed by atoms with Gasteiger partial charge >= 0.3 is 0 Å². The number of benzene rings is 2. The van der Waals surface area contributed by atoms with Crippen molar-refractivity contribution in [3.63, 3.8) is 0 Å². The Morgan fingerprint density at radius 3 is 2.66 bits per heavy atom. The van der Waals surface area contributed by atoms with E-state index in [1.807, 2.05) is 49.4 Å². The third kappa shape index (κ3) is 6.64. The normalized spacial score (nSPS) is 16.0. The molecule has 32 heavy (non-hydrogen) atoms. The summed E-state index contributed by atoms with van der Waals surface area (Å²) in [5.74, 6) is 1.78. The second-order valence-electron chi connectivity index (χ2n) is 7.94. The van der Waals surface area contributed by atoms with Gasteiger partial charge in [-0.05, 0) is 49.6 Å². The van der Waals surface area contributed by atoms with E-state index in [-0.39, 0.29) is 5.91 Å². The number of para-hydroxylation sites is 2. The van der Waals surface area contributed by atoms with E-state index >= 15 is 0 Å². The molecule has 0 spiro atoms. The highest BCUT2D eigenvalue weighted by Crippen LogP contribution is 2.30. The fourth-order valence-electron chi connectivity index (χ4n) is 3.82. The minimum absolute atomic E-state index is 0.0515. The van der Waals surface area contributed by atoms with Gasteiger partial charge in [-0.15, -0.1) is 0 Å². The Bertz CT molecular complexity index is 897. The first-order valence-corrected chi connectivity index (χ1v) is 11.4. The van der Waals surface area contributed by atoms with Crippen LogP contribution in [-0.4, -0.2) is 44.7 Å². The lowest BCUT2D eigenvalue weighted by Crippen LogP contribution is -2.44. The zero-order valence-electron chi connectivity index (χ0n) is 19.4. The van der Waals surface area contributed by atoms with Crippen molar-refractivity contribution in [3.05, 3.63) is 54.1 Å². The van der Waals surface area contributed by atoms with Gasteiger partial charge in [-0.2, -0.15) is 0 Å². The zero-order chi connectivity index (χ0) is 22.8. The number of nitrogens with zero attached hydrogens (tertiary/aromatic N) is 2. The van der Waals surface area contributed by atoms with Crippen LogP contribution in [0.15, 0.2) is 53.5 Å². The second-order valence-corrected chi connectivity index (χ2v) is 7.94. The van der Waals surface area contributed by atoms with Crippen molar-refractivity contribution < 1.29 is 9.53 Å². The van der Waals surface area contributed by atoms with Crippen LogP contribution in [-0.2, 0) is 11.3 Å². The van der Waals surface area contributed by atoms with Gasteiger partial charge in [0.2, 0.25) is 5.91 Å². The van der Waals surface area contributed by atoms with Gasteiger partial charge in [0.15, 0.2) is 5.96 Å². The fourth-order valence-corrected chi connectivity index (χ4v) is 3.82. The molecule has 1 unspecified atom stereocenters. The van der Waals surface area contributed by atoms with Crippen molar-refractivity contribution >= 4 is 23.2 Å². The average molecular weight is 438 g/mol. The van der Waals surface area contributed by atoms with Crippen LogP contribution in [0, 0.1) is 0 Å². The van der Waals surface area contributed by atoms with Crippen molar-refractivity contribution in [1.82, 2.24) is 10.6 Å². The van der Waals surface area contributed by atoms with Gasteiger partial charge in [-0.3, -0.25) is 4.79 Å². The molecule has 1 amide bonds. The molecule has 2 aromatic rings. The Morgan fingerprint density at radius 1 is 1.16 bits per heavy atom. The molecule has 1 atom stereocenters. The maximum Gasteiger partial charge on any atom is 0.224 e. The van der Waals surface area contributed by atoms with Crippen molar-refractivity contribution in [2.24, 2.45) is 4.99 Å². The summed E-state index contributed by atoms with van der Waals surface area (Å²) in [6, 6.07) is 16.3. The van der Waals surface area contributed by atoms with Crippen molar-refractivity contribution in [2.45, 2.75) is 45.7 Å². The molecular formula is C25H35N5O2. The van der Waals surface area contributed by atoms with Gasteiger partial charge in [-0.25, -0.2) is 4.99 Å². The van der Waals surface area contributed by atoms with Gasteiger partial charge < -0.3 is 25.6 Å². The van der Waals surface area contributed by atoms with Crippen molar-refractivity contribution in [3.8, 4) is 5.75 Å². The average Bonchev–Trinajstić information content (AvgIpc) is 3.27. The van der Waals surface area contributed by atoms with Gasteiger partial charge in [0.05, 0.1) is 19.3 Å². The Kier molecular flexibility index (Phi) is 8.78. The minimum Gasteiger partial charge on any atom is -0.495 e. The summed E-state index contributed by atoms with van der Waals surface area (Å²) >= 11 is 0. The molecule has 1 aliphatic rings. The molecule has 1 fully saturated rings. The fraction of sp³-hybridized carbons (Fsp3) is 0.440. The summed E-state index contributed by atoms with van der Waals surface area (Å²) in [4.78, 5) is 18.9. The molecular weight excluding hydrogens is 402 g/mol. The number of amides is 1. The lowest BCUT2D eigenvalue weighted by atomic mass is 10.2. The number of anilines is 2. The third-order valence-corrected chi connectivity index (χ3v) is 5.43. The highest BCUT2D eigenvalue weighted by Gasteiger charge is 2.25. The third-order valence-electron chi connectivity index (χ3n) is 5.43. The summed E-state index contributed by atoms with van der Waals surface area (Å²) in [6.45, 7) is 7.32. The van der Waals surface area contributed by atoms with E-state index in [0.29, 0.717) is 19.0 Å². The van der Waals surface area contributed by atoms with Crippen molar-refractivity contribution in [2.75, 3.05) is 37.0 Å². The van der Waals surface area contributed by atoms with Gasteiger partial charge in [0, 0.05) is 37.8 Å². The first-order chi connectivity index (χ1) is 15.6. The standard InChI is InChI=1S/C25H35N5O2/c1-4-8-24(31)28-20-13-11-19(12-14-20)17-27-25(26-5-2)29-21-15-16-30(18-21)22-9-6-7-10-23(22)32-3/h6-7,9-14,21H,4-5,8,15-18H2,1-3H3,(H,28,31)(H2,26,27,29). The number of hydrogen-bond donors (Lipinski definition) is 3. The highest BCUT2D eigenvalue weighted by atomic mass is 16.5. The lowest BCUT2D eigenvalue weighted by molar-refractivity contribution is -0.116. The second kappa shape index (κ2) is 12.0. The van der Waals surface area contributed by atoms with Crippen LogP contribution in [0.1, 0.15) is 38.7 Å². The summed E-state index contributed by atoms with van der Waals surface area (Å²) in [6.07, 6.45) is 2.42. The highest BCUT2D eigenvalue weighted by molar-refractivity contribution is 5.90. The summed E-state index contributed by atoms with van der Waals surface area (Å²) in [5, 5.41) is 9.84. The topological polar surface area (TPSA) is 78.0 Å². The van der Waals surface area contributed by atoms with Gasteiger partial charge in [0.1, 0.15) is 5.75 Å². The Balaban J connectivity index is 1.56. The number of aliphatic imine (C=N–C) groups is 1. The lowest BCUT2D eigenvalue weighted by Gasteiger charge is -2.22. The smallest absolute Gasteiger partial charge is 0.224 e. The maximum atomic E-state index is 11.7. The number of nitrogens with one attached hydrogen (secondary N) is 3. The predicted molar refractivity (Wildman–Crippen MR) is 132 cm³/mol. The zero-order valence-corrected chi connectivity index (χ0v) is 19.4. The molecule has 2 aromatic carbocycles. The van der Waals surface area contributed by atoms with Crippen LogP contribution in [0.5, 0.6) is 5.75 Å². The molecule has 3 rings (SSSR count). The van der Waals surface area contributed by atoms with Crippen LogP contribution < -0.4 is 25.6 Å². The summed E-state index contributed by atoms with van der Waals surface area (Å²) in [7, 11) is 1.71. The summed E-state index contributed by atoms with van der Waals surface area (Å²) in [5.41, 5.74) is 3.05. The molecule has 172 valence electrons. The Morgan fingerprint density at radius 2 is 1.94 bits per heavy atom. The van der Waals surface area contributed by atoms with E-state index in [1.165, 1.54) is 0 Å². The minimum atomic E-state index is 0.0515. The Labute approximate surface area is 191 Å². The Hall–Kier alpha value is -3.22. The number of ether oxygens (including phenoxy) is 1. The van der Waals surface area contributed by atoms with Crippen LogP contribution in [0.4, 0.5) is 11.4 Å². The molecule has 1 heterocycles. The first kappa shape index (κ1) is 23.4. The van der Waals surface area contributed by atoms with E-state index in [1.54, 1.807) is 7.11 Å². The summed E-state index contributed by atoms with van der Waals surface area (Å²) < 4.78 is 5.52. The van der Waals surface area contributed by atoms with E-state index in [0.717, 1.165) is 61.1 Å². The van der Waals surface area contributed by atoms with Crippen LogP contribution >= 0.6 is 0 Å². The van der Waals surface area contributed by atoms with E-state index in [9.17, 15) is 4.79 Å². The molecule has 1 saturated heterocycles. The largest absolute Gasteiger partial charge is 0.495 e. The number of methoxy groups -OCH3 is 1. The number of carbonyl (C=O) groups is 1. The van der Waals surface area contributed by atoms with E-state index in [2.05, 4.69) is 33.8 Å². The first-order valence-electron chi connectivity index (χ1n) is 11.4. The van der Waals surface area contributed by atoms with Crippen LogP contribution in [0.2, 0.25) is 0 Å². The molecule has 0 radical (unpaired) electrons. The number of carbonyl (C=O) groups excluding carboxylic acids is 1. The SMILES string of the molecule is CCCC(=O)Nc1ccc(CN=C(NCC)NC2CCN(c3ccccc3OC)C2)cc1. The number of rotatable bonds is 9. The quantitative estimate of drug-likeness (QED) is 0.411.